The number of anilines is 3. The fourth-order valence-corrected chi connectivity index (χ4v) is 6.80. The lowest BCUT2D eigenvalue weighted by Crippen LogP contribution is -2.46. The highest BCUT2D eigenvalue weighted by atomic mass is 32.1. The molecule has 2 aromatic carbocycles. The van der Waals surface area contributed by atoms with Gasteiger partial charge in [-0.1, -0.05) is 19.1 Å². The van der Waals surface area contributed by atoms with Gasteiger partial charge in [0.25, 0.3) is 5.69 Å². The van der Waals surface area contributed by atoms with Gasteiger partial charge >= 0.3 is 0 Å². The van der Waals surface area contributed by atoms with Gasteiger partial charge in [-0.15, -0.1) is 11.3 Å². The van der Waals surface area contributed by atoms with Crippen LogP contribution in [-0.2, 0) is 12.8 Å². The lowest BCUT2D eigenvalue weighted by Gasteiger charge is -2.35. The lowest BCUT2D eigenvalue weighted by atomic mass is 10.0. The van der Waals surface area contributed by atoms with E-state index in [1.165, 1.54) is 22.2 Å². The number of thiophene rings is 1. The minimum atomic E-state index is -0.340. The van der Waals surface area contributed by atoms with Gasteiger partial charge in [0.15, 0.2) is 0 Å². The Kier molecular flexibility index (Phi) is 6.78. The molecule has 2 aromatic heterocycles. The first-order valence-corrected chi connectivity index (χ1v) is 14.0. The van der Waals surface area contributed by atoms with Crippen molar-refractivity contribution in [2.45, 2.75) is 26.2 Å². The summed E-state index contributed by atoms with van der Waals surface area (Å²) in [5.74, 6) is 0.537. The molecule has 0 bridgehead atoms. The molecular weight excluding hydrogens is 496 g/mol. The summed E-state index contributed by atoms with van der Waals surface area (Å²) >= 11 is 1.73. The van der Waals surface area contributed by atoms with E-state index in [0.29, 0.717) is 5.95 Å². The molecule has 0 saturated carbocycles. The van der Waals surface area contributed by atoms with Gasteiger partial charge in [-0.2, -0.15) is 0 Å². The Morgan fingerprint density at radius 3 is 2.63 bits per heavy atom. The summed E-state index contributed by atoms with van der Waals surface area (Å²) in [6.45, 7) is 7.61. The van der Waals surface area contributed by atoms with Crippen LogP contribution in [0.2, 0.25) is 0 Å². The lowest BCUT2D eigenvalue weighted by molar-refractivity contribution is -0.384. The second-order valence-corrected chi connectivity index (χ2v) is 10.8. The summed E-state index contributed by atoms with van der Waals surface area (Å²) in [6, 6.07) is 17.3. The zero-order chi connectivity index (χ0) is 26.1. The van der Waals surface area contributed by atoms with E-state index in [4.69, 9.17) is 4.98 Å². The van der Waals surface area contributed by atoms with Crippen LogP contribution in [0.3, 0.4) is 0 Å². The predicted octanol–water partition coefficient (Wildman–Crippen LogP) is 6.15. The van der Waals surface area contributed by atoms with Crippen molar-refractivity contribution in [3.8, 4) is 21.7 Å². The van der Waals surface area contributed by atoms with Crippen LogP contribution in [0.4, 0.5) is 23.0 Å². The molecule has 0 atom stereocenters. The molecule has 8 nitrogen and oxygen atoms in total. The Bertz CT molecular complexity index is 1460. The quantitative estimate of drug-likeness (QED) is 0.228. The number of nitro groups is 1. The molecule has 38 heavy (non-hydrogen) atoms. The smallest absolute Gasteiger partial charge is 0.270 e. The van der Waals surface area contributed by atoms with E-state index < -0.39 is 0 Å². The van der Waals surface area contributed by atoms with Crippen molar-refractivity contribution in [1.29, 1.82) is 0 Å². The zero-order valence-electron chi connectivity index (χ0n) is 21.4. The first kappa shape index (κ1) is 24.5. The van der Waals surface area contributed by atoms with E-state index in [9.17, 15) is 10.1 Å². The average Bonchev–Trinajstić information content (AvgIpc) is 3.55. The first-order valence-electron chi connectivity index (χ1n) is 13.2. The normalized spacial score (nSPS) is 15.4. The molecule has 1 aliphatic carbocycles. The van der Waals surface area contributed by atoms with Crippen molar-refractivity contribution in [1.82, 2.24) is 14.9 Å². The predicted molar refractivity (Wildman–Crippen MR) is 154 cm³/mol. The van der Waals surface area contributed by atoms with Crippen LogP contribution < -0.4 is 10.2 Å². The van der Waals surface area contributed by atoms with Gasteiger partial charge in [0.05, 0.1) is 10.6 Å². The van der Waals surface area contributed by atoms with Crippen molar-refractivity contribution in [3.05, 3.63) is 81.3 Å². The first-order chi connectivity index (χ1) is 18.6. The minimum Gasteiger partial charge on any atom is -0.369 e. The Balaban J connectivity index is 1.26. The zero-order valence-corrected chi connectivity index (χ0v) is 22.2. The standard InChI is InChI=1S/C29H30N6O2S/c1-2-33-15-17-34(18-16-33)22-11-9-21(10-12-22)31-29-30-14-13-25(32-29)27-24-7-4-8-26(24)38-28(27)20-5-3-6-23(19-20)35(36)37/h3,5-6,9-14,19H,2,4,7-8,15-18H2,1H3,(H,30,31,32). The molecule has 9 heteroatoms. The number of likely N-dealkylation sites (N-methyl/N-ethyl adjacent to an activating group) is 1. The largest absolute Gasteiger partial charge is 0.369 e. The van der Waals surface area contributed by atoms with E-state index in [0.717, 1.165) is 79.4 Å². The number of hydrogen-bond donors (Lipinski definition) is 1. The molecule has 0 radical (unpaired) electrons. The van der Waals surface area contributed by atoms with Gasteiger partial charge in [0.1, 0.15) is 0 Å². The number of aromatic nitrogens is 2. The van der Waals surface area contributed by atoms with Gasteiger partial charge in [-0.3, -0.25) is 10.1 Å². The third-order valence-corrected chi connectivity index (χ3v) is 8.80. The van der Waals surface area contributed by atoms with E-state index in [1.807, 2.05) is 12.1 Å². The molecule has 1 aliphatic heterocycles. The van der Waals surface area contributed by atoms with Crippen LogP contribution in [0.15, 0.2) is 60.8 Å². The highest BCUT2D eigenvalue weighted by Gasteiger charge is 2.26. The Morgan fingerprint density at radius 1 is 1.05 bits per heavy atom. The number of nitrogens with zero attached hydrogens (tertiary/aromatic N) is 5. The van der Waals surface area contributed by atoms with E-state index in [2.05, 4.69) is 51.3 Å². The maximum absolute atomic E-state index is 11.4. The van der Waals surface area contributed by atoms with Crippen LogP contribution in [0.1, 0.15) is 23.8 Å². The second-order valence-electron chi connectivity index (χ2n) is 9.73. The maximum atomic E-state index is 11.4. The monoisotopic (exact) mass is 526 g/mol. The van der Waals surface area contributed by atoms with Gasteiger partial charge in [-0.25, -0.2) is 9.97 Å². The fraction of sp³-hybridized carbons (Fsp3) is 0.310. The number of aryl methyl sites for hydroxylation is 1. The summed E-state index contributed by atoms with van der Waals surface area (Å²) in [4.78, 5) is 27.7. The SMILES string of the molecule is CCN1CCN(c2ccc(Nc3nccc(-c4c(-c5cccc([N+](=O)[O-])c5)sc5c4CCC5)n3)cc2)CC1. The molecule has 0 unspecified atom stereocenters. The molecule has 3 heterocycles. The molecule has 2 aliphatic rings. The van der Waals surface area contributed by atoms with Crippen molar-refractivity contribution < 1.29 is 4.92 Å². The van der Waals surface area contributed by atoms with Gasteiger partial charge in [-0.05, 0) is 67.3 Å². The molecule has 1 fully saturated rings. The third kappa shape index (κ3) is 4.87. The molecule has 0 spiro atoms. The average molecular weight is 527 g/mol. The molecule has 0 amide bonds. The minimum absolute atomic E-state index is 0.0998. The van der Waals surface area contributed by atoms with Crippen molar-refractivity contribution >= 4 is 34.3 Å². The van der Waals surface area contributed by atoms with Crippen LogP contribution in [0, 0.1) is 10.1 Å². The summed E-state index contributed by atoms with van der Waals surface area (Å²) in [5.41, 5.74) is 6.36. The number of hydrogen-bond acceptors (Lipinski definition) is 8. The highest BCUT2D eigenvalue weighted by molar-refractivity contribution is 7.16. The van der Waals surface area contributed by atoms with Crippen LogP contribution in [0.25, 0.3) is 21.7 Å². The van der Waals surface area contributed by atoms with Crippen molar-refractivity contribution in [2.24, 2.45) is 0 Å². The molecule has 6 rings (SSSR count). The summed E-state index contributed by atoms with van der Waals surface area (Å²) < 4.78 is 0. The Labute approximate surface area is 226 Å². The second kappa shape index (κ2) is 10.5. The number of fused-ring (bicyclic) bond motifs is 1. The Hall–Kier alpha value is -3.82. The van der Waals surface area contributed by atoms with E-state index in [1.54, 1.807) is 29.7 Å². The van der Waals surface area contributed by atoms with Gasteiger partial charge < -0.3 is 15.1 Å². The van der Waals surface area contributed by atoms with Crippen molar-refractivity contribution in [3.63, 3.8) is 0 Å². The number of benzene rings is 2. The van der Waals surface area contributed by atoms with Gasteiger partial charge in [0, 0.05) is 71.2 Å². The van der Waals surface area contributed by atoms with E-state index in [-0.39, 0.29) is 10.6 Å². The number of rotatable bonds is 7. The van der Waals surface area contributed by atoms with Crippen molar-refractivity contribution in [2.75, 3.05) is 42.9 Å². The maximum Gasteiger partial charge on any atom is 0.270 e. The van der Waals surface area contributed by atoms with Crippen LogP contribution in [0.5, 0.6) is 0 Å². The van der Waals surface area contributed by atoms with Crippen LogP contribution >= 0.6 is 11.3 Å². The molecule has 194 valence electrons. The topological polar surface area (TPSA) is 87.4 Å². The molecule has 1 saturated heterocycles. The van der Waals surface area contributed by atoms with E-state index >= 15 is 0 Å². The number of piperazine rings is 1. The molecule has 1 N–H and O–H groups in total. The number of nitro benzene ring substituents is 1. The summed E-state index contributed by atoms with van der Waals surface area (Å²) in [6.07, 6.45) is 4.94. The summed E-state index contributed by atoms with van der Waals surface area (Å²) in [5, 5.41) is 14.8. The fourth-order valence-electron chi connectivity index (χ4n) is 5.40. The highest BCUT2D eigenvalue weighted by Crippen LogP contribution is 2.46. The number of nitrogens with one attached hydrogen (secondary N) is 1. The Morgan fingerprint density at radius 2 is 1.87 bits per heavy atom. The van der Waals surface area contributed by atoms with Gasteiger partial charge in [0.2, 0.25) is 5.95 Å². The third-order valence-electron chi connectivity index (χ3n) is 7.46. The summed E-state index contributed by atoms with van der Waals surface area (Å²) in [7, 11) is 0. The number of non-ortho nitro benzene ring substituents is 1. The molecule has 4 aromatic rings. The molecular formula is C29H30N6O2S. The van der Waals surface area contributed by atoms with Crippen LogP contribution in [-0.4, -0.2) is 52.5 Å².